The Hall–Kier alpha value is -2.19. The van der Waals surface area contributed by atoms with Crippen LogP contribution in [0.4, 0.5) is 5.69 Å². The average molecular weight is 275 g/mol. The number of hydrogen-bond acceptors (Lipinski definition) is 4. The molecule has 1 aromatic rings. The summed E-state index contributed by atoms with van der Waals surface area (Å²) >= 11 is 0. The Morgan fingerprint density at radius 3 is 2.85 bits per heavy atom. The first-order valence-electron chi connectivity index (χ1n) is 6.39. The molecular weight excluding hydrogens is 258 g/mol. The molecule has 0 radical (unpaired) electrons. The van der Waals surface area contributed by atoms with Gasteiger partial charge in [0.25, 0.3) is 5.91 Å². The smallest absolute Gasteiger partial charge is 0.269 e. The summed E-state index contributed by atoms with van der Waals surface area (Å²) < 4.78 is 11.0. The Kier molecular flexibility index (Phi) is 4.16. The van der Waals surface area contributed by atoms with Gasteiger partial charge in [-0.1, -0.05) is 12.8 Å². The van der Waals surface area contributed by atoms with Crippen molar-refractivity contribution >= 4 is 11.6 Å². The number of aliphatic hydroxyl groups excluding tert-OH is 1. The van der Waals surface area contributed by atoms with Crippen LogP contribution in [0.3, 0.4) is 0 Å². The fourth-order valence-electron chi connectivity index (χ4n) is 2.20. The predicted molar refractivity (Wildman–Crippen MR) is 74.8 cm³/mol. The molecule has 0 saturated carbocycles. The molecule has 0 aromatic heterocycles. The standard InChI is InChI=1S/C15H17NO4/c1-4-6-16-11-7-10(9-17)8-13(19-3)14(11)20-12(5-2)15(16)18/h1,7-8,12,17H,5-6,9H2,2-3H3. The summed E-state index contributed by atoms with van der Waals surface area (Å²) in [5, 5.41) is 9.30. The normalized spacial score (nSPS) is 17.2. The summed E-state index contributed by atoms with van der Waals surface area (Å²) in [4.78, 5) is 13.8. The molecule has 5 heteroatoms. The van der Waals surface area contributed by atoms with Crippen LogP contribution in [0.1, 0.15) is 18.9 Å². The van der Waals surface area contributed by atoms with E-state index in [0.717, 1.165) is 0 Å². The second kappa shape index (κ2) is 5.85. The van der Waals surface area contributed by atoms with E-state index < -0.39 is 6.10 Å². The number of amides is 1. The Labute approximate surface area is 118 Å². The number of rotatable bonds is 4. The maximum Gasteiger partial charge on any atom is 0.269 e. The fraction of sp³-hybridized carbons (Fsp3) is 0.400. The van der Waals surface area contributed by atoms with Crippen LogP contribution in [0.5, 0.6) is 11.5 Å². The molecule has 0 fully saturated rings. The predicted octanol–water partition coefficient (Wildman–Crippen LogP) is 1.32. The summed E-state index contributed by atoms with van der Waals surface area (Å²) in [6, 6.07) is 3.38. The van der Waals surface area contributed by atoms with Gasteiger partial charge in [0.05, 0.1) is 25.9 Å². The van der Waals surface area contributed by atoms with Gasteiger partial charge in [-0.2, -0.15) is 0 Å². The summed E-state index contributed by atoms with van der Waals surface area (Å²) in [7, 11) is 1.52. The van der Waals surface area contributed by atoms with Gasteiger partial charge in [-0.15, -0.1) is 6.42 Å². The summed E-state index contributed by atoms with van der Waals surface area (Å²) in [5.41, 5.74) is 1.18. The van der Waals surface area contributed by atoms with Gasteiger partial charge in [0.15, 0.2) is 17.6 Å². The molecule has 1 aliphatic rings. The van der Waals surface area contributed by atoms with E-state index in [4.69, 9.17) is 15.9 Å². The van der Waals surface area contributed by atoms with Crippen molar-refractivity contribution in [2.75, 3.05) is 18.6 Å². The number of nitrogens with zero attached hydrogens (tertiary/aromatic N) is 1. The molecule has 1 atom stereocenters. The van der Waals surface area contributed by atoms with Gasteiger partial charge < -0.3 is 14.6 Å². The van der Waals surface area contributed by atoms with E-state index in [9.17, 15) is 9.90 Å². The van der Waals surface area contributed by atoms with Crippen molar-refractivity contribution in [2.45, 2.75) is 26.1 Å². The molecule has 2 rings (SSSR count). The number of carbonyl (C=O) groups excluding carboxylic acids is 1. The SMILES string of the molecule is C#CCN1C(=O)C(CC)Oc2c(OC)cc(CO)cc21. The molecule has 1 aromatic carbocycles. The zero-order valence-electron chi connectivity index (χ0n) is 11.5. The van der Waals surface area contributed by atoms with E-state index in [-0.39, 0.29) is 19.1 Å². The van der Waals surface area contributed by atoms with E-state index in [0.29, 0.717) is 29.2 Å². The van der Waals surface area contributed by atoms with Gasteiger partial charge in [-0.3, -0.25) is 9.69 Å². The van der Waals surface area contributed by atoms with E-state index in [1.54, 1.807) is 12.1 Å². The van der Waals surface area contributed by atoms with E-state index >= 15 is 0 Å². The van der Waals surface area contributed by atoms with Crippen LogP contribution < -0.4 is 14.4 Å². The number of fused-ring (bicyclic) bond motifs is 1. The van der Waals surface area contributed by atoms with Gasteiger partial charge >= 0.3 is 0 Å². The minimum absolute atomic E-state index is 0.154. The van der Waals surface area contributed by atoms with Crippen molar-refractivity contribution < 1.29 is 19.4 Å². The summed E-state index contributed by atoms with van der Waals surface area (Å²) in [5.74, 6) is 3.28. The largest absolute Gasteiger partial charge is 0.493 e. The molecule has 1 N–H and O–H groups in total. The highest BCUT2D eigenvalue weighted by Crippen LogP contribution is 2.43. The molecule has 0 aliphatic carbocycles. The summed E-state index contributed by atoms with van der Waals surface area (Å²) in [6.45, 7) is 1.87. The lowest BCUT2D eigenvalue weighted by molar-refractivity contribution is -0.126. The third-order valence-electron chi connectivity index (χ3n) is 3.21. The van der Waals surface area contributed by atoms with Crippen LogP contribution in [0.15, 0.2) is 12.1 Å². The van der Waals surface area contributed by atoms with E-state index in [1.807, 2.05) is 6.92 Å². The van der Waals surface area contributed by atoms with Crippen molar-refractivity contribution in [1.29, 1.82) is 0 Å². The Balaban J connectivity index is 2.59. The molecular formula is C15H17NO4. The highest BCUT2D eigenvalue weighted by molar-refractivity contribution is 6.01. The topological polar surface area (TPSA) is 59.0 Å². The first kappa shape index (κ1) is 14.2. The lowest BCUT2D eigenvalue weighted by Gasteiger charge is -2.34. The van der Waals surface area contributed by atoms with Gasteiger partial charge in [0.1, 0.15) is 0 Å². The second-order valence-electron chi connectivity index (χ2n) is 4.45. The highest BCUT2D eigenvalue weighted by Gasteiger charge is 2.35. The molecule has 0 saturated heterocycles. The Bertz CT molecular complexity index is 562. The maximum absolute atomic E-state index is 12.3. The van der Waals surface area contributed by atoms with Crippen LogP contribution in [-0.2, 0) is 11.4 Å². The van der Waals surface area contributed by atoms with Gasteiger partial charge in [0.2, 0.25) is 0 Å². The van der Waals surface area contributed by atoms with Crippen LogP contribution >= 0.6 is 0 Å². The quantitative estimate of drug-likeness (QED) is 0.842. The zero-order chi connectivity index (χ0) is 14.7. The minimum Gasteiger partial charge on any atom is -0.493 e. The number of benzene rings is 1. The number of terminal acetylenes is 1. The number of anilines is 1. The molecule has 0 spiro atoms. The first-order valence-corrected chi connectivity index (χ1v) is 6.39. The van der Waals surface area contributed by atoms with Gasteiger partial charge in [-0.25, -0.2) is 0 Å². The van der Waals surface area contributed by atoms with E-state index in [1.165, 1.54) is 12.0 Å². The lowest BCUT2D eigenvalue weighted by Crippen LogP contribution is -2.46. The maximum atomic E-state index is 12.3. The van der Waals surface area contributed by atoms with Crippen LogP contribution in [0.2, 0.25) is 0 Å². The van der Waals surface area contributed by atoms with Crippen molar-refractivity contribution in [1.82, 2.24) is 0 Å². The third kappa shape index (κ3) is 2.30. The number of ether oxygens (including phenoxy) is 2. The van der Waals surface area contributed by atoms with E-state index in [2.05, 4.69) is 5.92 Å². The Morgan fingerprint density at radius 2 is 2.30 bits per heavy atom. The van der Waals surface area contributed by atoms with Crippen LogP contribution in [0, 0.1) is 12.3 Å². The van der Waals surface area contributed by atoms with Gasteiger partial charge in [-0.05, 0) is 24.1 Å². The fourth-order valence-corrected chi connectivity index (χ4v) is 2.20. The average Bonchev–Trinajstić information content (AvgIpc) is 2.48. The van der Waals surface area contributed by atoms with Crippen LogP contribution in [-0.4, -0.2) is 30.8 Å². The van der Waals surface area contributed by atoms with Crippen molar-refractivity contribution in [3.63, 3.8) is 0 Å². The third-order valence-corrected chi connectivity index (χ3v) is 3.21. The first-order chi connectivity index (χ1) is 9.65. The second-order valence-corrected chi connectivity index (χ2v) is 4.45. The Morgan fingerprint density at radius 1 is 1.55 bits per heavy atom. The number of hydrogen-bond donors (Lipinski definition) is 1. The van der Waals surface area contributed by atoms with Crippen molar-refractivity contribution in [3.8, 4) is 23.8 Å². The minimum atomic E-state index is -0.565. The monoisotopic (exact) mass is 275 g/mol. The molecule has 20 heavy (non-hydrogen) atoms. The van der Waals surface area contributed by atoms with Crippen LogP contribution in [0.25, 0.3) is 0 Å². The van der Waals surface area contributed by atoms with Gasteiger partial charge in [0, 0.05) is 0 Å². The molecule has 1 heterocycles. The molecule has 1 unspecified atom stereocenters. The molecule has 0 bridgehead atoms. The summed E-state index contributed by atoms with van der Waals surface area (Å²) in [6.07, 6.45) is 5.32. The highest BCUT2D eigenvalue weighted by atomic mass is 16.5. The number of aliphatic hydroxyl groups is 1. The number of carbonyl (C=O) groups is 1. The number of methoxy groups -OCH3 is 1. The van der Waals surface area contributed by atoms with Crippen molar-refractivity contribution in [2.24, 2.45) is 0 Å². The molecule has 1 amide bonds. The lowest BCUT2D eigenvalue weighted by atomic mass is 10.1. The molecule has 106 valence electrons. The zero-order valence-corrected chi connectivity index (χ0v) is 11.5. The molecule has 1 aliphatic heterocycles. The van der Waals surface area contributed by atoms with Crippen molar-refractivity contribution in [3.05, 3.63) is 17.7 Å². The molecule has 5 nitrogen and oxygen atoms in total.